The van der Waals surface area contributed by atoms with Gasteiger partial charge >= 0.3 is 0 Å². The molecule has 0 saturated carbocycles. The quantitative estimate of drug-likeness (QED) is 0.521. The minimum atomic E-state index is 0.650. The first-order chi connectivity index (χ1) is 9.24. The predicted molar refractivity (Wildman–Crippen MR) is 84.8 cm³/mol. The van der Waals surface area contributed by atoms with Crippen molar-refractivity contribution in [2.24, 2.45) is 0 Å². The lowest BCUT2D eigenvalue weighted by Gasteiger charge is -2.37. The normalized spacial score (nSPS) is 13.4. The van der Waals surface area contributed by atoms with Crippen LogP contribution in [0.1, 0.15) is 59.8 Å². The Labute approximate surface area is 121 Å². The van der Waals surface area contributed by atoms with E-state index < -0.39 is 0 Å². The largest absolute Gasteiger partial charge is 0.383 e. The number of methoxy groups -OCH3 is 1. The fraction of sp³-hybridized carbons (Fsp3) is 1.00. The number of hydrogen-bond acceptors (Lipinski definition) is 3. The number of hydrogen-bond donors (Lipinski definition) is 1. The third-order valence-electron chi connectivity index (χ3n) is 3.86. The highest BCUT2D eigenvalue weighted by Crippen LogP contribution is 2.16. The Morgan fingerprint density at radius 3 is 2.16 bits per heavy atom. The van der Waals surface area contributed by atoms with Crippen molar-refractivity contribution in [3.05, 3.63) is 0 Å². The average Bonchev–Trinajstić information content (AvgIpc) is 2.43. The SMILES string of the molecule is CCCNCC(CCC)N(CCOC)C(CC)CC. The first kappa shape index (κ1) is 18.9. The first-order valence-corrected chi connectivity index (χ1v) is 8.20. The Balaban J connectivity index is 4.58. The average molecular weight is 272 g/mol. The van der Waals surface area contributed by atoms with E-state index in [9.17, 15) is 0 Å². The minimum Gasteiger partial charge on any atom is -0.383 e. The summed E-state index contributed by atoms with van der Waals surface area (Å²) >= 11 is 0. The van der Waals surface area contributed by atoms with E-state index in [1.54, 1.807) is 7.11 Å². The predicted octanol–water partition coefficient (Wildman–Crippen LogP) is 3.29. The monoisotopic (exact) mass is 272 g/mol. The third-order valence-corrected chi connectivity index (χ3v) is 3.86. The highest BCUT2D eigenvalue weighted by molar-refractivity contribution is 4.79. The van der Waals surface area contributed by atoms with E-state index in [0.29, 0.717) is 12.1 Å². The molecule has 0 aliphatic heterocycles. The van der Waals surface area contributed by atoms with Crippen LogP contribution < -0.4 is 5.32 Å². The van der Waals surface area contributed by atoms with Crippen molar-refractivity contribution < 1.29 is 4.74 Å². The van der Waals surface area contributed by atoms with Crippen LogP contribution in [0.3, 0.4) is 0 Å². The molecule has 0 aromatic heterocycles. The summed E-state index contributed by atoms with van der Waals surface area (Å²) in [6.45, 7) is 13.3. The van der Waals surface area contributed by atoms with E-state index in [4.69, 9.17) is 4.74 Å². The second kappa shape index (κ2) is 12.9. The molecule has 0 heterocycles. The number of rotatable bonds is 13. The molecular weight excluding hydrogens is 236 g/mol. The van der Waals surface area contributed by atoms with Gasteiger partial charge in [-0.2, -0.15) is 0 Å². The number of nitrogens with zero attached hydrogens (tertiary/aromatic N) is 1. The van der Waals surface area contributed by atoms with Crippen molar-refractivity contribution in [1.29, 1.82) is 0 Å². The van der Waals surface area contributed by atoms with Crippen LogP contribution in [0.25, 0.3) is 0 Å². The van der Waals surface area contributed by atoms with E-state index in [2.05, 4.69) is 37.9 Å². The maximum Gasteiger partial charge on any atom is 0.0589 e. The molecule has 0 aliphatic rings. The van der Waals surface area contributed by atoms with Crippen LogP contribution in [0.4, 0.5) is 0 Å². The molecule has 3 nitrogen and oxygen atoms in total. The standard InChI is InChI=1S/C16H36N2O/c1-6-10-16(14-17-11-7-2)18(12-13-19-5)15(8-3)9-4/h15-17H,6-14H2,1-5H3. The van der Waals surface area contributed by atoms with Gasteiger partial charge in [-0.1, -0.05) is 34.1 Å². The summed E-state index contributed by atoms with van der Waals surface area (Å²) in [5.41, 5.74) is 0. The summed E-state index contributed by atoms with van der Waals surface area (Å²) in [4.78, 5) is 2.68. The highest BCUT2D eigenvalue weighted by Gasteiger charge is 2.23. The molecule has 0 aromatic rings. The lowest BCUT2D eigenvalue weighted by atomic mass is 10.0. The van der Waals surface area contributed by atoms with Crippen molar-refractivity contribution in [2.75, 3.05) is 33.4 Å². The topological polar surface area (TPSA) is 24.5 Å². The zero-order valence-corrected chi connectivity index (χ0v) is 13.9. The number of nitrogens with one attached hydrogen (secondary N) is 1. The van der Waals surface area contributed by atoms with Gasteiger partial charge in [0.05, 0.1) is 6.61 Å². The molecule has 1 unspecified atom stereocenters. The van der Waals surface area contributed by atoms with Gasteiger partial charge < -0.3 is 10.1 Å². The van der Waals surface area contributed by atoms with Crippen molar-refractivity contribution in [3.63, 3.8) is 0 Å². The lowest BCUT2D eigenvalue weighted by Crippen LogP contribution is -2.49. The van der Waals surface area contributed by atoms with Crippen molar-refractivity contribution in [2.45, 2.75) is 71.9 Å². The molecule has 0 aliphatic carbocycles. The maximum atomic E-state index is 5.30. The first-order valence-electron chi connectivity index (χ1n) is 8.20. The van der Waals surface area contributed by atoms with Gasteiger partial charge in [-0.15, -0.1) is 0 Å². The smallest absolute Gasteiger partial charge is 0.0589 e. The summed E-state index contributed by atoms with van der Waals surface area (Å²) in [5, 5.41) is 3.60. The number of ether oxygens (including phenoxy) is 1. The van der Waals surface area contributed by atoms with Crippen LogP contribution in [0.15, 0.2) is 0 Å². The molecule has 0 saturated heterocycles. The second-order valence-electron chi connectivity index (χ2n) is 5.35. The van der Waals surface area contributed by atoms with Crippen LogP contribution in [0.5, 0.6) is 0 Å². The Morgan fingerprint density at radius 2 is 1.68 bits per heavy atom. The van der Waals surface area contributed by atoms with Gasteiger partial charge in [0.15, 0.2) is 0 Å². The second-order valence-corrected chi connectivity index (χ2v) is 5.35. The summed E-state index contributed by atoms with van der Waals surface area (Å²) in [5.74, 6) is 0. The van der Waals surface area contributed by atoms with Gasteiger partial charge in [-0.25, -0.2) is 0 Å². The highest BCUT2D eigenvalue weighted by atomic mass is 16.5. The zero-order chi connectivity index (χ0) is 14.5. The van der Waals surface area contributed by atoms with Crippen LogP contribution in [-0.2, 0) is 4.74 Å². The van der Waals surface area contributed by atoms with Gasteiger partial charge in [-0.3, -0.25) is 4.90 Å². The van der Waals surface area contributed by atoms with Crippen molar-refractivity contribution in [3.8, 4) is 0 Å². The van der Waals surface area contributed by atoms with Gasteiger partial charge in [-0.05, 0) is 32.2 Å². The van der Waals surface area contributed by atoms with Gasteiger partial charge in [0, 0.05) is 32.3 Å². The molecular formula is C16H36N2O. The van der Waals surface area contributed by atoms with Crippen LogP contribution in [0, 0.1) is 0 Å². The lowest BCUT2D eigenvalue weighted by molar-refractivity contribution is 0.0747. The van der Waals surface area contributed by atoms with Crippen LogP contribution in [0.2, 0.25) is 0 Å². The Kier molecular flexibility index (Phi) is 12.8. The van der Waals surface area contributed by atoms with Crippen molar-refractivity contribution >= 4 is 0 Å². The van der Waals surface area contributed by atoms with E-state index in [1.807, 2.05) is 0 Å². The molecule has 0 fully saturated rings. The van der Waals surface area contributed by atoms with Crippen molar-refractivity contribution in [1.82, 2.24) is 10.2 Å². The molecule has 0 rings (SSSR count). The van der Waals surface area contributed by atoms with Gasteiger partial charge in [0.2, 0.25) is 0 Å². The van der Waals surface area contributed by atoms with Gasteiger partial charge in [0.25, 0.3) is 0 Å². The molecule has 0 amide bonds. The zero-order valence-electron chi connectivity index (χ0n) is 13.9. The fourth-order valence-electron chi connectivity index (χ4n) is 2.78. The fourth-order valence-corrected chi connectivity index (χ4v) is 2.78. The van der Waals surface area contributed by atoms with E-state index in [-0.39, 0.29) is 0 Å². The summed E-state index contributed by atoms with van der Waals surface area (Å²) in [6, 6.07) is 1.34. The van der Waals surface area contributed by atoms with E-state index in [1.165, 1.54) is 32.1 Å². The maximum absolute atomic E-state index is 5.30. The third kappa shape index (κ3) is 7.91. The Bertz CT molecular complexity index is 184. The molecule has 19 heavy (non-hydrogen) atoms. The molecule has 3 heteroatoms. The summed E-state index contributed by atoms with van der Waals surface area (Å²) in [6.07, 6.45) is 6.20. The molecule has 0 radical (unpaired) electrons. The summed E-state index contributed by atoms with van der Waals surface area (Å²) in [7, 11) is 1.80. The Morgan fingerprint density at radius 1 is 1.00 bits per heavy atom. The molecule has 116 valence electrons. The van der Waals surface area contributed by atoms with Crippen LogP contribution in [-0.4, -0.2) is 50.3 Å². The molecule has 1 atom stereocenters. The van der Waals surface area contributed by atoms with Crippen LogP contribution >= 0.6 is 0 Å². The molecule has 1 N–H and O–H groups in total. The van der Waals surface area contributed by atoms with E-state index in [0.717, 1.165) is 26.2 Å². The van der Waals surface area contributed by atoms with E-state index >= 15 is 0 Å². The summed E-state index contributed by atoms with van der Waals surface area (Å²) < 4.78 is 5.30. The van der Waals surface area contributed by atoms with Gasteiger partial charge in [0.1, 0.15) is 0 Å². The minimum absolute atomic E-state index is 0.650. The molecule has 0 spiro atoms. The Hall–Kier alpha value is -0.120. The molecule has 0 aromatic carbocycles. The molecule has 0 bridgehead atoms.